The topological polar surface area (TPSA) is 50.8 Å². The molecule has 1 amide bonds. The minimum absolute atomic E-state index is 0.0458. The number of nitrogens with one attached hydrogen (secondary N) is 1. The number of carbonyl (C=O) groups is 1. The maximum absolute atomic E-state index is 12.8. The van der Waals surface area contributed by atoms with E-state index in [0.29, 0.717) is 23.7 Å². The second kappa shape index (κ2) is 8.34. The van der Waals surface area contributed by atoms with Crippen LogP contribution in [0.25, 0.3) is 0 Å². The highest BCUT2D eigenvalue weighted by atomic mass is 32.1. The van der Waals surface area contributed by atoms with Crippen molar-refractivity contribution in [1.82, 2.24) is 4.90 Å². The van der Waals surface area contributed by atoms with Gasteiger partial charge in [0.2, 0.25) is 5.91 Å². The molecule has 1 atom stereocenters. The second-order valence-corrected chi connectivity index (χ2v) is 8.57. The van der Waals surface area contributed by atoms with Crippen molar-refractivity contribution < 1.29 is 14.3 Å². The van der Waals surface area contributed by atoms with Crippen molar-refractivity contribution in [1.29, 1.82) is 0 Å². The Labute approximate surface area is 172 Å². The Morgan fingerprint density at radius 3 is 2.61 bits per heavy atom. The van der Waals surface area contributed by atoms with Crippen LogP contribution in [-0.2, 0) is 11.2 Å². The second-order valence-electron chi connectivity index (χ2n) is 6.59. The van der Waals surface area contributed by atoms with E-state index < -0.39 is 0 Å². The van der Waals surface area contributed by atoms with E-state index in [9.17, 15) is 4.79 Å². The van der Waals surface area contributed by atoms with Crippen LogP contribution < -0.4 is 14.8 Å². The summed E-state index contributed by atoms with van der Waals surface area (Å²) in [4.78, 5) is 17.8. The zero-order valence-electron chi connectivity index (χ0n) is 15.8. The highest BCUT2D eigenvalue weighted by molar-refractivity contribution is 7.10. The predicted molar refractivity (Wildman–Crippen MR) is 114 cm³/mol. The quantitative estimate of drug-likeness (QED) is 0.649. The Kier molecular flexibility index (Phi) is 5.66. The van der Waals surface area contributed by atoms with Crippen LogP contribution in [0.1, 0.15) is 21.4 Å². The Hall–Kier alpha value is -2.35. The summed E-state index contributed by atoms with van der Waals surface area (Å²) in [7, 11) is 3.19. The first-order valence-corrected chi connectivity index (χ1v) is 10.8. The molecule has 7 heteroatoms. The zero-order chi connectivity index (χ0) is 19.5. The highest BCUT2D eigenvalue weighted by Gasteiger charge is 2.31. The molecule has 5 nitrogen and oxygen atoms in total. The highest BCUT2D eigenvalue weighted by Crippen LogP contribution is 2.39. The maximum Gasteiger partial charge on any atom is 0.238 e. The van der Waals surface area contributed by atoms with E-state index in [1.165, 1.54) is 15.3 Å². The minimum Gasteiger partial charge on any atom is -0.497 e. The molecule has 146 valence electrons. The van der Waals surface area contributed by atoms with Crippen LogP contribution in [0.2, 0.25) is 0 Å². The minimum atomic E-state index is -0.0458. The number of nitrogens with zero attached hydrogens (tertiary/aromatic N) is 1. The fourth-order valence-electron chi connectivity index (χ4n) is 3.58. The summed E-state index contributed by atoms with van der Waals surface area (Å²) in [5.74, 6) is 1.24. The third kappa shape index (κ3) is 3.92. The maximum atomic E-state index is 12.8. The van der Waals surface area contributed by atoms with Gasteiger partial charge in [0, 0.05) is 40.2 Å². The summed E-state index contributed by atoms with van der Waals surface area (Å²) in [5.41, 5.74) is 2.00. The molecule has 3 aromatic rings. The number of amides is 1. The van der Waals surface area contributed by atoms with Gasteiger partial charge in [-0.25, -0.2) is 0 Å². The van der Waals surface area contributed by atoms with Crippen molar-refractivity contribution >= 4 is 34.3 Å². The van der Waals surface area contributed by atoms with E-state index >= 15 is 0 Å². The molecule has 0 saturated carbocycles. The van der Waals surface area contributed by atoms with Gasteiger partial charge in [-0.1, -0.05) is 6.07 Å². The molecular formula is C21H22N2O3S2. The SMILES string of the molecule is COc1cc(NC(=O)CN2CCc3sccc3[C@H]2c2cccs2)cc(OC)c1. The summed E-state index contributed by atoms with van der Waals surface area (Å²) >= 11 is 3.55. The molecule has 3 heterocycles. The van der Waals surface area contributed by atoms with Gasteiger partial charge in [-0.05, 0) is 34.9 Å². The summed E-state index contributed by atoms with van der Waals surface area (Å²) < 4.78 is 10.6. The van der Waals surface area contributed by atoms with Crippen molar-refractivity contribution in [2.24, 2.45) is 0 Å². The standard InChI is InChI=1S/C21H22N2O3S2/c1-25-15-10-14(11-16(12-15)26-2)22-20(24)13-23-7-5-18-17(6-9-28-18)21(23)19-4-3-8-27-19/h3-4,6,8-12,21H,5,7,13H2,1-2H3,(H,22,24)/t21-/m0/s1. The first kappa shape index (κ1) is 19.0. The van der Waals surface area contributed by atoms with Crippen LogP contribution >= 0.6 is 22.7 Å². The first-order chi connectivity index (χ1) is 13.7. The Morgan fingerprint density at radius 1 is 1.14 bits per heavy atom. The van der Waals surface area contributed by atoms with Gasteiger partial charge in [0.25, 0.3) is 0 Å². The number of hydrogen-bond acceptors (Lipinski definition) is 6. The van der Waals surface area contributed by atoms with Crippen molar-refractivity contribution in [2.45, 2.75) is 12.5 Å². The lowest BCUT2D eigenvalue weighted by Crippen LogP contribution is -2.40. The molecule has 1 aliphatic heterocycles. The molecule has 1 aliphatic rings. The van der Waals surface area contributed by atoms with Gasteiger partial charge in [0.1, 0.15) is 11.5 Å². The predicted octanol–water partition coefficient (Wildman–Crippen LogP) is 4.41. The van der Waals surface area contributed by atoms with Crippen LogP contribution in [0.3, 0.4) is 0 Å². The van der Waals surface area contributed by atoms with Crippen molar-refractivity contribution in [3.05, 3.63) is 62.5 Å². The van der Waals surface area contributed by atoms with E-state index in [0.717, 1.165) is 13.0 Å². The smallest absolute Gasteiger partial charge is 0.238 e. The molecule has 1 aromatic carbocycles. The van der Waals surface area contributed by atoms with Gasteiger partial charge < -0.3 is 14.8 Å². The third-order valence-corrected chi connectivity index (χ3v) is 6.78. The number of thiophene rings is 2. The molecule has 0 unspecified atom stereocenters. The summed E-state index contributed by atoms with van der Waals surface area (Å²) in [6, 6.07) is 11.9. The van der Waals surface area contributed by atoms with Gasteiger partial charge in [0.05, 0.1) is 26.8 Å². The summed E-state index contributed by atoms with van der Waals surface area (Å²) in [5, 5.41) is 7.23. The number of hydrogen-bond donors (Lipinski definition) is 1. The molecule has 0 bridgehead atoms. The molecule has 1 N–H and O–H groups in total. The van der Waals surface area contributed by atoms with E-state index in [4.69, 9.17) is 9.47 Å². The molecule has 28 heavy (non-hydrogen) atoms. The van der Waals surface area contributed by atoms with Crippen LogP contribution in [0.5, 0.6) is 11.5 Å². The van der Waals surface area contributed by atoms with Crippen LogP contribution in [0.4, 0.5) is 5.69 Å². The number of benzene rings is 1. The number of anilines is 1. The number of fused-ring (bicyclic) bond motifs is 1. The Bertz CT molecular complexity index is 930. The van der Waals surface area contributed by atoms with E-state index in [2.05, 4.69) is 39.2 Å². The van der Waals surface area contributed by atoms with E-state index in [-0.39, 0.29) is 11.9 Å². The molecule has 0 radical (unpaired) electrons. The normalized spacial score (nSPS) is 16.4. The number of methoxy groups -OCH3 is 2. The first-order valence-electron chi connectivity index (χ1n) is 9.04. The number of ether oxygens (including phenoxy) is 2. The molecule has 0 spiro atoms. The molecular weight excluding hydrogens is 392 g/mol. The van der Waals surface area contributed by atoms with Crippen molar-refractivity contribution in [3.63, 3.8) is 0 Å². The van der Waals surface area contributed by atoms with Crippen LogP contribution in [-0.4, -0.2) is 38.1 Å². The van der Waals surface area contributed by atoms with Gasteiger partial charge in [-0.2, -0.15) is 0 Å². The van der Waals surface area contributed by atoms with Gasteiger partial charge in [-0.15, -0.1) is 22.7 Å². The zero-order valence-corrected chi connectivity index (χ0v) is 17.4. The lowest BCUT2D eigenvalue weighted by molar-refractivity contribution is -0.117. The fourth-order valence-corrected chi connectivity index (χ4v) is 5.36. The third-order valence-electron chi connectivity index (χ3n) is 4.86. The van der Waals surface area contributed by atoms with Crippen molar-refractivity contribution in [3.8, 4) is 11.5 Å². The van der Waals surface area contributed by atoms with Crippen LogP contribution in [0.15, 0.2) is 47.2 Å². The average Bonchev–Trinajstić information content (AvgIpc) is 3.39. The number of carbonyl (C=O) groups excluding carboxylic acids is 1. The van der Waals surface area contributed by atoms with E-state index in [1.54, 1.807) is 43.8 Å². The Morgan fingerprint density at radius 2 is 1.93 bits per heavy atom. The van der Waals surface area contributed by atoms with Gasteiger partial charge in [-0.3, -0.25) is 9.69 Å². The van der Waals surface area contributed by atoms with Gasteiger partial charge >= 0.3 is 0 Å². The lowest BCUT2D eigenvalue weighted by atomic mass is 9.98. The fraction of sp³-hybridized carbons (Fsp3) is 0.286. The average molecular weight is 415 g/mol. The molecule has 0 saturated heterocycles. The Balaban J connectivity index is 1.52. The monoisotopic (exact) mass is 414 g/mol. The molecule has 0 aliphatic carbocycles. The number of rotatable bonds is 6. The summed E-state index contributed by atoms with van der Waals surface area (Å²) in [6.07, 6.45) is 0.981. The van der Waals surface area contributed by atoms with E-state index in [1.807, 2.05) is 11.3 Å². The van der Waals surface area contributed by atoms with Crippen molar-refractivity contribution in [2.75, 3.05) is 32.6 Å². The largest absolute Gasteiger partial charge is 0.497 e. The lowest BCUT2D eigenvalue weighted by Gasteiger charge is -2.34. The molecule has 4 rings (SSSR count). The van der Waals surface area contributed by atoms with Crippen LogP contribution in [0, 0.1) is 0 Å². The molecule has 2 aromatic heterocycles. The van der Waals surface area contributed by atoms with Gasteiger partial charge in [0.15, 0.2) is 0 Å². The summed E-state index contributed by atoms with van der Waals surface area (Å²) in [6.45, 7) is 1.20. The molecule has 0 fully saturated rings.